The van der Waals surface area contributed by atoms with Crippen LogP contribution in [0.2, 0.25) is 0 Å². The molecule has 4 aliphatic heterocycles. The van der Waals surface area contributed by atoms with Gasteiger partial charge in [0.25, 0.3) is 5.91 Å². The Morgan fingerprint density at radius 3 is 2.55 bits per heavy atom. The lowest BCUT2D eigenvalue weighted by Crippen LogP contribution is -2.55. The third kappa shape index (κ3) is 5.78. The zero-order valence-electron chi connectivity index (χ0n) is 31.4. The van der Waals surface area contributed by atoms with Crippen molar-refractivity contribution in [3.05, 3.63) is 57.8 Å². The van der Waals surface area contributed by atoms with Crippen LogP contribution in [0.15, 0.2) is 47.3 Å². The highest BCUT2D eigenvalue weighted by Gasteiger charge is 2.48. The summed E-state index contributed by atoms with van der Waals surface area (Å²) in [5.74, 6) is 0.326. The van der Waals surface area contributed by atoms with Crippen molar-refractivity contribution in [1.29, 1.82) is 0 Å². The van der Waals surface area contributed by atoms with Gasteiger partial charge in [0.15, 0.2) is 0 Å². The molecule has 1 saturated carbocycles. The molecule has 14 heteroatoms. The maximum atomic E-state index is 13.3. The van der Waals surface area contributed by atoms with Gasteiger partial charge in [-0.1, -0.05) is 0 Å². The second kappa shape index (κ2) is 13.1. The normalized spacial score (nSPS) is 23.7. The van der Waals surface area contributed by atoms with E-state index in [4.69, 9.17) is 4.98 Å². The van der Waals surface area contributed by atoms with Gasteiger partial charge < -0.3 is 20.4 Å². The van der Waals surface area contributed by atoms with Crippen LogP contribution >= 0.6 is 11.3 Å². The molecule has 1 aliphatic carbocycles. The highest BCUT2D eigenvalue weighted by molar-refractivity contribution is 7.21. The number of benzene rings is 2. The fraction of sp³-hybridized carbons (Fsp3) is 0.488. The molecule has 0 radical (unpaired) electrons. The van der Waals surface area contributed by atoms with Crippen molar-refractivity contribution in [1.82, 2.24) is 29.7 Å². The minimum Gasteiger partial charge on any atom is -0.381 e. The maximum absolute atomic E-state index is 13.3. The molecule has 0 bridgehead atoms. The number of piperidine rings is 2. The fourth-order valence-corrected chi connectivity index (χ4v) is 11.1. The number of aryl methyl sites for hydroxylation is 1. The number of nitrogens with zero attached hydrogens (tertiary/aromatic N) is 6. The zero-order chi connectivity index (χ0) is 37.6. The Bertz CT molecular complexity index is 2450. The van der Waals surface area contributed by atoms with Crippen molar-refractivity contribution in [2.24, 2.45) is 12.5 Å². The summed E-state index contributed by atoms with van der Waals surface area (Å²) < 4.78 is 4.28. The fourth-order valence-electron chi connectivity index (χ4n) is 10.0. The summed E-state index contributed by atoms with van der Waals surface area (Å²) in [5, 5.41) is 11.2. The first-order chi connectivity index (χ1) is 26.6. The number of rotatable bonds is 4. The van der Waals surface area contributed by atoms with Crippen molar-refractivity contribution in [3.8, 4) is 0 Å². The standard InChI is InChI=1S/C41H47N9O4S/c1-24-23-42-36-35-27-5-10-33(44-28(27)6-9-32(35)55-37(36)39(53)43-24)49-15-3-14-47(18-19-49)26-21-41(22-26)12-16-48(17-13-41)25-4-7-29-31(20-25)46(2)40(54)50(29)30-8-11-34(51)45-38(30)52/h4-7,9-10,20,24,26,30,42H,3,8,11-19,21-23H2,1-2H3,(H,43,53)(H,45,51,52)/t24-,30?/m1/s1. The maximum Gasteiger partial charge on any atom is 0.329 e. The summed E-state index contributed by atoms with van der Waals surface area (Å²) in [6, 6.07) is 14.7. The van der Waals surface area contributed by atoms with Gasteiger partial charge >= 0.3 is 5.69 Å². The van der Waals surface area contributed by atoms with E-state index in [9.17, 15) is 19.2 Å². The van der Waals surface area contributed by atoms with Crippen LogP contribution in [-0.4, -0.2) is 94.6 Å². The molecule has 3 saturated heterocycles. The molecular weight excluding hydrogens is 715 g/mol. The van der Waals surface area contributed by atoms with Gasteiger partial charge in [-0.15, -0.1) is 11.3 Å². The lowest BCUT2D eigenvalue weighted by molar-refractivity contribution is -0.135. The summed E-state index contributed by atoms with van der Waals surface area (Å²) in [4.78, 5) is 64.0. The van der Waals surface area contributed by atoms with Crippen molar-refractivity contribution in [2.75, 3.05) is 60.9 Å². The first kappa shape index (κ1) is 34.5. The average Bonchev–Trinajstić information content (AvgIpc) is 3.47. The van der Waals surface area contributed by atoms with Crippen molar-refractivity contribution < 1.29 is 14.4 Å². The summed E-state index contributed by atoms with van der Waals surface area (Å²) >= 11 is 1.55. The number of imidazole rings is 1. The molecular formula is C41H47N9O4S. The van der Waals surface area contributed by atoms with E-state index in [1.807, 2.05) is 13.0 Å². The summed E-state index contributed by atoms with van der Waals surface area (Å²) in [6.07, 6.45) is 6.51. The van der Waals surface area contributed by atoms with Gasteiger partial charge in [-0.25, -0.2) is 9.78 Å². The van der Waals surface area contributed by atoms with Crippen LogP contribution in [-0.2, 0) is 16.6 Å². The molecule has 13 nitrogen and oxygen atoms in total. The van der Waals surface area contributed by atoms with Crippen LogP contribution in [0.1, 0.15) is 67.6 Å². The Labute approximate surface area is 322 Å². The topological polar surface area (TPSA) is 137 Å². The number of nitrogens with one attached hydrogen (secondary N) is 3. The summed E-state index contributed by atoms with van der Waals surface area (Å²) in [5.41, 5.74) is 4.71. The first-order valence-electron chi connectivity index (χ1n) is 19.8. The van der Waals surface area contributed by atoms with E-state index in [0.29, 0.717) is 24.4 Å². The number of aromatic nitrogens is 3. The minimum atomic E-state index is -0.674. The van der Waals surface area contributed by atoms with E-state index in [-0.39, 0.29) is 30.0 Å². The van der Waals surface area contributed by atoms with E-state index < -0.39 is 11.9 Å². The molecule has 5 aliphatic rings. The number of anilines is 3. The Morgan fingerprint density at radius 1 is 0.891 bits per heavy atom. The molecule has 286 valence electrons. The van der Waals surface area contributed by atoms with Gasteiger partial charge in [0, 0.05) is 92.5 Å². The Hall–Kier alpha value is -4.95. The third-order valence-electron chi connectivity index (χ3n) is 13.2. The number of imide groups is 1. The predicted octanol–water partition coefficient (Wildman–Crippen LogP) is 4.59. The highest BCUT2D eigenvalue weighted by atomic mass is 32.1. The highest BCUT2D eigenvalue weighted by Crippen LogP contribution is 2.51. The molecule has 4 fully saturated rings. The number of pyridine rings is 1. The lowest BCUT2D eigenvalue weighted by Gasteiger charge is -2.55. The molecule has 5 aromatic rings. The number of fused-ring (bicyclic) bond motifs is 6. The van der Waals surface area contributed by atoms with Crippen LogP contribution in [0, 0.1) is 5.41 Å². The molecule has 2 aromatic carbocycles. The van der Waals surface area contributed by atoms with Crippen molar-refractivity contribution in [2.45, 2.75) is 70.0 Å². The van der Waals surface area contributed by atoms with Crippen LogP contribution in [0.25, 0.3) is 32.0 Å². The predicted molar refractivity (Wildman–Crippen MR) is 216 cm³/mol. The van der Waals surface area contributed by atoms with Gasteiger partial charge in [0.2, 0.25) is 11.8 Å². The molecule has 1 spiro atoms. The number of carbonyl (C=O) groups is 3. The van der Waals surface area contributed by atoms with Gasteiger partial charge in [-0.05, 0) is 93.3 Å². The van der Waals surface area contributed by atoms with Crippen LogP contribution in [0.3, 0.4) is 0 Å². The molecule has 10 rings (SSSR count). The van der Waals surface area contributed by atoms with E-state index in [2.05, 4.69) is 67.0 Å². The molecule has 3 aromatic heterocycles. The third-order valence-corrected chi connectivity index (χ3v) is 14.3. The number of amides is 3. The molecule has 3 N–H and O–H groups in total. The Morgan fingerprint density at radius 2 is 1.73 bits per heavy atom. The minimum absolute atomic E-state index is 0.00554. The molecule has 2 atom stereocenters. The lowest BCUT2D eigenvalue weighted by atomic mass is 9.60. The largest absolute Gasteiger partial charge is 0.381 e. The first-order valence-corrected chi connectivity index (χ1v) is 20.7. The van der Waals surface area contributed by atoms with E-state index >= 15 is 0 Å². The number of hydrogen-bond acceptors (Lipinski definition) is 10. The monoisotopic (exact) mass is 761 g/mol. The quantitative estimate of drug-likeness (QED) is 0.225. The molecule has 1 unspecified atom stereocenters. The molecule has 3 amide bonds. The smallest absolute Gasteiger partial charge is 0.329 e. The second-order valence-corrected chi connectivity index (χ2v) is 17.6. The van der Waals surface area contributed by atoms with E-state index in [0.717, 1.165) is 99.8 Å². The molecule has 7 heterocycles. The van der Waals surface area contributed by atoms with Crippen molar-refractivity contribution in [3.63, 3.8) is 0 Å². The average molecular weight is 762 g/mol. The van der Waals surface area contributed by atoms with Gasteiger partial charge in [-0.3, -0.25) is 33.7 Å². The summed E-state index contributed by atoms with van der Waals surface area (Å²) in [7, 11) is 1.76. The van der Waals surface area contributed by atoms with E-state index in [1.54, 1.807) is 27.5 Å². The SMILES string of the molecule is C[C@@H]1CNc2c(sc3ccc4nc(N5CCCN(C6CC7(CCN(c8ccc9c(c8)n(C)c(=O)n9C8CCC(=O)NC8=O)CC7)C6)CC5)ccc4c23)C(=O)N1. The van der Waals surface area contributed by atoms with Gasteiger partial charge in [0.1, 0.15) is 16.7 Å². The van der Waals surface area contributed by atoms with Gasteiger partial charge in [-0.2, -0.15) is 0 Å². The van der Waals surface area contributed by atoms with E-state index in [1.165, 1.54) is 25.7 Å². The molecule has 55 heavy (non-hydrogen) atoms. The van der Waals surface area contributed by atoms with Crippen LogP contribution in [0.5, 0.6) is 0 Å². The second-order valence-electron chi connectivity index (χ2n) is 16.5. The number of thiophene rings is 1. The Kier molecular flexibility index (Phi) is 8.21. The Balaban J connectivity index is 0.774. The van der Waals surface area contributed by atoms with Crippen LogP contribution < -0.4 is 31.4 Å². The zero-order valence-corrected chi connectivity index (χ0v) is 32.2. The van der Waals surface area contributed by atoms with Gasteiger partial charge in [0.05, 0.1) is 22.2 Å². The number of carbonyl (C=O) groups excluding carboxylic acids is 3. The summed E-state index contributed by atoms with van der Waals surface area (Å²) in [6.45, 7) is 8.81. The van der Waals surface area contributed by atoms with Crippen LogP contribution in [0.4, 0.5) is 17.2 Å². The van der Waals surface area contributed by atoms with Crippen molar-refractivity contribution >= 4 is 78.3 Å². The number of hydrogen-bond donors (Lipinski definition) is 3.